The first kappa shape index (κ1) is 16.5. The Labute approximate surface area is 135 Å². The lowest BCUT2D eigenvalue weighted by Gasteiger charge is -2.16. The van der Waals surface area contributed by atoms with Gasteiger partial charge >= 0.3 is 0 Å². The maximum atomic E-state index is 12.0. The van der Waals surface area contributed by atoms with Crippen molar-refractivity contribution in [1.29, 1.82) is 0 Å². The van der Waals surface area contributed by atoms with Crippen molar-refractivity contribution in [2.45, 2.75) is 13.8 Å². The molecule has 1 N–H and O–H groups in total. The third-order valence-corrected chi connectivity index (χ3v) is 3.35. The molecule has 0 aliphatic carbocycles. The number of benzene rings is 2. The van der Waals surface area contributed by atoms with Crippen LogP contribution in [0.15, 0.2) is 48.5 Å². The molecule has 0 spiro atoms. The minimum absolute atomic E-state index is 0.0729. The first-order valence-corrected chi connectivity index (χ1v) is 7.29. The van der Waals surface area contributed by atoms with Gasteiger partial charge in [-0.25, -0.2) is 0 Å². The Balaban J connectivity index is 1.95. The Bertz CT molecular complexity index is 713. The van der Waals surface area contributed by atoms with Crippen LogP contribution in [-0.4, -0.2) is 25.5 Å². The summed E-state index contributed by atoms with van der Waals surface area (Å²) >= 11 is 0. The van der Waals surface area contributed by atoms with Crippen molar-refractivity contribution < 1.29 is 14.3 Å². The van der Waals surface area contributed by atoms with Gasteiger partial charge in [-0.3, -0.25) is 9.59 Å². The van der Waals surface area contributed by atoms with Crippen LogP contribution in [0.1, 0.15) is 12.5 Å². The normalized spacial score (nSPS) is 10.0. The van der Waals surface area contributed by atoms with Crippen LogP contribution in [0.25, 0.3) is 0 Å². The summed E-state index contributed by atoms with van der Waals surface area (Å²) in [7, 11) is 1.68. The number of aryl methyl sites for hydroxylation is 1. The molecule has 0 unspecified atom stereocenters. The monoisotopic (exact) mass is 312 g/mol. The number of rotatable bonds is 5. The van der Waals surface area contributed by atoms with Crippen LogP contribution in [0.4, 0.5) is 11.4 Å². The van der Waals surface area contributed by atoms with Gasteiger partial charge in [-0.2, -0.15) is 0 Å². The molecule has 0 heterocycles. The molecule has 5 heteroatoms. The number of nitrogens with zero attached hydrogens (tertiary/aromatic N) is 1. The molecule has 0 radical (unpaired) electrons. The highest BCUT2D eigenvalue weighted by atomic mass is 16.5. The molecule has 2 aromatic carbocycles. The van der Waals surface area contributed by atoms with Crippen LogP contribution in [0.2, 0.25) is 0 Å². The molecule has 120 valence electrons. The molecule has 0 saturated heterocycles. The van der Waals surface area contributed by atoms with Crippen LogP contribution in [0.3, 0.4) is 0 Å². The van der Waals surface area contributed by atoms with Gasteiger partial charge in [-0.1, -0.05) is 18.2 Å². The summed E-state index contributed by atoms with van der Waals surface area (Å²) in [6.07, 6.45) is 0. The first-order valence-electron chi connectivity index (χ1n) is 7.29. The molecule has 0 aromatic heterocycles. The second-order valence-electron chi connectivity index (χ2n) is 5.28. The summed E-state index contributed by atoms with van der Waals surface area (Å²) in [5.41, 5.74) is 2.41. The summed E-state index contributed by atoms with van der Waals surface area (Å²) in [6, 6.07) is 14.6. The van der Waals surface area contributed by atoms with E-state index in [9.17, 15) is 9.59 Å². The lowest BCUT2D eigenvalue weighted by molar-refractivity contribution is -0.118. The van der Waals surface area contributed by atoms with Crippen molar-refractivity contribution in [1.82, 2.24) is 0 Å². The molecule has 5 nitrogen and oxygen atoms in total. The van der Waals surface area contributed by atoms with Gasteiger partial charge in [0.1, 0.15) is 5.75 Å². The average molecular weight is 312 g/mol. The van der Waals surface area contributed by atoms with E-state index in [0.29, 0.717) is 11.4 Å². The third-order valence-electron chi connectivity index (χ3n) is 3.35. The maximum Gasteiger partial charge on any atom is 0.262 e. The summed E-state index contributed by atoms with van der Waals surface area (Å²) in [6.45, 7) is 3.38. The minimum Gasteiger partial charge on any atom is -0.484 e. The number of hydrogen-bond donors (Lipinski definition) is 1. The van der Waals surface area contributed by atoms with Crippen LogP contribution in [0, 0.1) is 6.92 Å². The van der Waals surface area contributed by atoms with E-state index in [2.05, 4.69) is 5.32 Å². The minimum atomic E-state index is -0.255. The third kappa shape index (κ3) is 4.85. The molecule has 0 aliphatic rings. The highest BCUT2D eigenvalue weighted by molar-refractivity contribution is 5.94. The number of amides is 2. The molecule has 0 bridgehead atoms. The van der Waals surface area contributed by atoms with Crippen LogP contribution >= 0.6 is 0 Å². The SMILES string of the molecule is CC(=O)N(C)c1cccc(NC(=O)COc2cccc(C)c2)c1. The Morgan fingerprint density at radius 1 is 1.13 bits per heavy atom. The van der Waals surface area contributed by atoms with Gasteiger partial charge in [0.15, 0.2) is 6.61 Å². The van der Waals surface area contributed by atoms with Crippen molar-refractivity contribution in [2.24, 2.45) is 0 Å². The molecular weight excluding hydrogens is 292 g/mol. The second kappa shape index (κ2) is 7.45. The number of anilines is 2. The number of carbonyl (C=O) groups is 2. The standard InChI is InChI=1S/C18H20N2O3/c1-13-6-4-9-17(10-13)23-12-18(22)19-15-7-5-8-16(11-15)20(3)14(2)21/h4-11H,12H2,1-3H3,(H,19,22). The lowest BCUT2D eigenvalue weighted by Crippen LogP contribution is -2.23. The molecule has 2 rings (SSSR count). The summed E-state index contributed by atoms with van der Waals surface area (Å²) in [5.74, 6) is 0.329. The predicted molar refractivity (Wildman–Crippen MR) is 90.8 cm³/mol. The van der Waals surface area contributed by atoms with E-state index in [1.807, 2.05) is 31.2 Å². The number of nitrogens with one attached hydrogen (secondary N) is 1. The Morgan fingerprint density at radius 3 is 2.57 bits per heavy atom. The Morgan fingerprint density at radius 2 is 1.87 bits per heavy atom. The van der Waals surface area contributed by atoms with E-state index in [-0.39, 0.29) is 18.4 Å². The molecule has 0 aliphatic heterocycles. The molecule has 0 fully saturated rings. The van der Waals surface area contributed by atoms with Gasteiger partial charge in [0, 0.05) is 25.3 Å². The van der Waals surface area contributed by atoms with Crippen molar-refractivity contribution in [3.63, 3.8) is 0 Å². The number of hydrogen-bond acceptors (Lipinski definition) is 3. The van der Waals surface area contributed by atoms with Crippen LogP contribution in [0.5, 0.6) is 5.75 Å². The molecule has 2 aromatic rings. The van der Waals surface area contributed by atoms with Crippen molar-refractivity contribution in [3.8, 4) is 5.75 Å². The average Bonchev–Trinajstić information content (AvgIpc) is 2.52. The van der Waals surface area contributed by atoms with Gasteiger partial charge in [-0.05, 0) is 42.8 Å². The Kier molecular flexibility index (Phi) is 5.36. The van der Waals surface area contributed by atoms with E-state index in [4.69, 9.17) is 4.74 Å². The van der Waals surface area contributed by atoms with Gasteiger partial charge in [-0.15, -0.1) is 0 Å². The van der Waals surface area contributed by atoms with Crippen molar-refractivity contribution in [2.75, 3.05) is 23.9 Å². The lowest BCUT2D eigenvalue weighted by atomic mass is 10.2. The predicted octanol–water partition coefficient (Wildman–Crippen LogP) is 3.00. The van der Waals surface area contributed by atoms with E-state index in [1.54, 1.807) is 31.3 Å². The van der Waals surface area contributed by atoms with E-state index < -0.39 is 0 Å². The molecule has 0 atom stereocenters. The molecule has 23 heavy (non-hydrogen) atoms. The van der Waals surface area contributed by atoms with Gasteiger partial charge in [0.2, 0.25) is 5.91 Å². The number of carbonyl (C=O) groups excluding carboxylic acids is 2. The molecule has 2 amide bonds. The fourth-order valence-corrected chi connectivity index (χ4v) is 2.03. The first-order chi connectivity index (χ1) is 11.0. The maximum absolute atomic E-state index is 12.0. The zero-order chi connectivity index (χ0) is 16.8. The summed E-state index contributed by atoms with van der Waals surface area (Å²) in [5, 5.41) is 2.76. The van der Waals surface area contributed by atoms with Crippen molar-refractivity contribution in [3.05, 3.63) is 54.1 Å². The quantitative estimate of drug-likeness (QED) is 0.923. The largest absolute Gasteiger partial charge is 0.484 e. The summed E-state index contributed by atoms with van der Waals surface area (Å²) < 4.78 is 5.46. The van der Waals surface area contributed by atoms with Crippen molar-refractivity contribution >= 4 is 23.2 Å². The van der Waals surface area contributed by atoms with E-state index in [0.717, 1.165) is 11.3 Å². The second-order valence-corrected chi connectivity index (χ2v) is 5.28. The number of ether oxygens (including phenoxy) is 1. The van der Waals surface area contributed by atoms with Gasteiger partial charge < -0.3 is 15.0 Å². The van der Waals surface area contributed by atoms with Crippen LogP contribution < -0.4 is 15.0 Å². The Hall–Kier alpha value is -2.82. The fraction of sp³-hybridized carbons (Fsp3) is 0.222. The molecule has 0 saturated carbocycles. The van der Waals surface area contributed by atoms with E-state index >= 15 is 0 Å². The highest BCUT2D eigenvalue weighted by Crippen LogP contribution is 2.18. The van der Waals surface area contributed by atoms with E-state index in [1.165, 1.54) is 11.8 Å². The van der Waals surface area contributed by atoms with Crippen LogP contribution in [-0.2, 0) is 9.59 Å². The zero-order valence-electron chi connectivity index (χ0n) is 13.5. The summed E-state index contributed by atoms with van der Waals surface area (Å²) in [4.78, 5) is 24.9. The fourth-order valence-electron chi connectivity index (χ4n) is 2.03. The molecular formula is C18H20N2O3. The van der Waals surface area contributed by atoms with Gasteiger partial charge in [0.25, 0.3) is 5.91 Å². The van der Waals surface area contributed by atoms with Gasteiger partial charge in [0.05, 0.1) is 0 Å². The smallest absolute Gasteiger partial charge is 0.262 e. The zero-order valence-corrected chi connectivity index (χ0v) is 13.5. The highest BCUT2D eigenvalue weighted by Gasteiger charge is 2.08. The topological polar surface area (TPSA) is 58.6 Å².